The molecule has 3 heterocycles. The van der Waals surface area contributed by atoms with Crippen LogP contribution >= 0.6 is 0 Å². The average Bonchev–Trinajstić information content (AvgIpc) is 3.17. The number of benzene rings is 1. The Balaban J connectivity index is 1.60. The third-order valence-corrected chi connectivity index (χ3v) is 4.37. The van der Waals surface area contributed by atoms with Crippen LogP contribution in [0, 0.1) is 0 Å². The molecule has 0 N–H and O–H groups in total. The molecule has 0 saturated carbocycles. The molecule has 6 heteroatoms. The Bertz CT molecular complexity index is 686. The molecule has 126 valence electrons. The summed E-state index contributed by atoms with van der Waals surface area (Å²) in [7, 11) is 0. The summed E-state index contributed by atoms with van der Waals surface area (Å²) in [6.07, 6.45) is 2.03. The topological polar surface area (TPSA) is 60.4 Å². The van der Waals surface area contributed by atoms with Crippen molar-refractivity contribution in [3.05, 3.63) is 41.5 Å². The summed E-state index contributed by atoms with van der Waals surface area (Å²) in [5, 5.41) is 0. The van der Waals surface area contributed by atoms with Crippen LogP contribution in [0.3, 0.4) is 0 Å². The van der Waals surface area contributed by atoms with E-state index in [9.17, 15) is 4.79 Å². The van der Waals surface area contributed by atoms with Gasteiger partial charge in [0.05, 0.1) is 32.8 Å². The Hall–Kier alpha value is -2.02. The zero-order valence-corrected chi connectivity index (χ0v) is 13.4. The second-order valence-electron chi connectivity index (χ2n) is 6.01. The quantitative estimate of drug-likeness (QED) is 0.828. The molecular weight excluding hydrogens is 308 g/mol. The van der Waals surface area contributed by atoms with Crippen LogP contribution in [-0.4, -0.2) is 56.2 Å². The van der Waals surface area contributed by atoms with Crippen LogP contribution in [0.4, 0.5) is 0 Å². The van der Waals surface area contributed by atoms with Crippen molar-refractivity contribution in [3.63, 3.8) is 0 Å². The lowest BCUT2D eigenvalue weighted by molar-refractivity contribution is -0.116. The van der Waals surface area contributed by atoms with Gasteiger partial charge in [0.15, 0.2) is 6.29 Å². The molecule has 4 rings (SSSR count). The van der Waals surface area contributed by atoms with Crippen LogP contribution < -0.4 is 0 Å². The molecule has 0 radical (unpaired) electrons. The van der Waals surface area contributed by atoms with Crippen molar-refractivity contribution >= 4 is 17.3 Å². The number of amidine groups is 1. The number of hydrogen-bond donors (Lipinski definition) is 0. The molecule has 2 fully saturated rings. The van der Waals surface area contributed by atoms with Crippen molar-refractivity contribution in [1.82, 2.24) is 4.90 Å². The lowest BCUT2D eigenvalue weighted by Crippen LogP contribution is -2.41. The molecular formula is C18H20N2O4. The highest BCUT2D eigenvalue weighted by Crippen LogP contribution is 2.28. The Kier molecular flexibility index (Phi) is 4.42. The van der Waals surface area contributed by atoms with Gasteiger partial charge >= 0.3 is 0 Å². The van der Waals surface area contributed by atoms with Gasteiger partial charge in [-0.15, -0.1) is 0 Å². The van der Waals surface area contributed by atoms with Gasteiger partial charge in [0.25, 0.3) is 5.91 Å². The molecule has 6 nitrogen and oxygen atoms in total. The number of dihydropyridines is 1. The SMILES string of the molecule is O=C1CC(c2cccc(C3OCCO3)c2)=CC(N2CCOCC2)=N1. The molecule has 2 saturated heterocycles. The predicted molar refractivity (Wildman–Crippen MR) is 88.5 cm³/mol. The number of aliphatic imine (C=N–C) groups is 1. The normalized spacial score (nSPS) is 22.5. The standard InChI is InChI=1S/C18H20N2O4/c21-17-12-15(11-16(19-17)20-4-6-22-7-5-20)13-2-1-3-14(10-13)18-23-8-9-24-18/h1-3,10-11,18H,4-9,12H2. The number of rotatable bonds is 2. The summed E-state index contributed by atoms with van der Waals surface area (Å²) in [6, 6.07) is 8.01. The molecule has 1 amide bonds. The summed E-state index contributed by atoms with van der Waals surface area (Å²) < 4.78 is 16.5. The van der Waals surface area contributed by atoms with Crippen molar-refractivity contribution in [3.8, 4) is 0 Å². The molecule has 1 aromatic carbocycles. The van der Waals surface area contributed by atoms with Gasteiger partial charge < -0.3 is 19.1 Å². The van der Waals surface area contributed by atoms with E-state index in [1.54, 1.807) is 0 Å². The number of ether oxygens (including phenoxy) is 3. The number of carbonyl (C=O) groups excluding carboxylic acids is 1. The van der Waals surface area contributed by atoms with Gasteiger partial charge in [0.2, 0.25) is 0 Å². The van der Waals surface area contributed by atoms with E-state index in [0.717, 1.165) is 35.6 Å². The highest BCUT2D eigenvalue weighted by Gasteiger charge is 2.23. The van der Waals surface area contributed by atoms with Crippen LogP contribution in [-0.2, 0) is 19.0 Å². The van der Waals surface area contributed by atoms with E-state index in [1.165, 1.54) is 0 Å². The van der Waals surface area contributed by atoms with Gasteiger partial charge in [-0.25, -0.2) is 0 Å². The highest BCUT2D eigenvalue weighted by molar-refractivity contribution is 6.11. The lowest BCUT2D eigenvalue weighted by Gasteiger charge is -2.30. The molecule has 0 spiro atoms. The Morgan fingerprint density at radius 2 is 1.88 bits per heavy atom. The minimum Gasteiger partial charge on any atom is -0.378 e. The summed E-state index contributed by atoms with van der Waals surface area (Å²) in [6.45, 7) is 4.09. The van der Waals surface area contributed by atoms with Crippen LogP contribution in [0.25, 0.3) is 5.57 Å². The minimum atomic E-state index is -0.308. The van der Waals surface area contributed by atoms with Gasteiger partial charge in [-0.1, -0.05) is 18.2 Å². The summed E-state index contributed by atoms with van der Waals surface area (Å²) in [5.74, 6) is 0.635. The van der Waals surface area contributed by atoms with Crippen molar-refractivity contribution in [2.75, 3.05) is 39.5 Å². The Morgan fingerprint density at radius 3 is 2.67 bits per heavy atom. The first-order chi connectivity index (χ1) is 11.8. The van der Waals surface area contributed by atoms with Crippen LogP contribution in [0.15, 0.2) is 35.3 Å². The second-order valence-corrected chi connectivity index (χ2v) is 6.01. The van der Waals surface area contributed by atoms with E-state index in [1.807, 2.05) is 30.3 Å². The van der Waals surface area contributed by atoms with E-state index < -0.39 is 0 Å². The smallest absolute Gasteiger partial charge is 0.252 e. The van der Waals surface area contributed by atoms with Gasteiger partial charge in [-0.2, -0.15) is 4.99 Å². The molecule has 0 bridgehead atoms. The minimum absolute atomic E-state index is 0.104. The van der Waals surface area contributed by atoms with Crippen molar-refractivity contribution in [2.24, 2.45) is 4.99 Å². The van der Waals surface area contributed by atoms with E-state index in [4.69, 9.17) is 14.2 Å². The molecule has 0 unspecified atom stereocenters. The zero-order valence-electron chi connectivity index (χ0n) is 13.4. The number of amides is 1. The maximum absolute atomic E-state index is 12.1. The van der Waals surface area contributed by atoms with Crippen LogP contribution in [0.5, 0.6) is 0 Å². The maximum atomic E-state index is 12.1. The largest absolute Gasteiger partial charge is 0.378 e. The van der Waals surface area contributed by atoms with Crippen LogP contribution in [0.1, 0.15) is 23.8 Å². The van der Waals surface area contributed by atoms with E-state index in [-0.39, 0.29) is 12.2 Å². The molecule has 3 aliphatic rings. The fourth-order valence-electron chi connectivity index (χ4n) is 3.15. The number of morpholine rings is 1. The first-order valence-electron chi connectivity index (χ1n) is 8.28. The maximum Gasteiger partial charge on any atom is 0.252 e. The lowest BCUT2D eigenvalue weighted by atomic mass is 9.98. The monoisotopic (exact) mass is 328 g/mol. The first kappa shape index (κ1) is 15.5. The Morgan fingerprint density at radius 1 is 1.08 bits per heavy atom. The third-order valence-electron chi connectivity index (χ3n) is 4.37. The molecule has 0 aromatic heterocycles. The van der Waals surface area contributed by atoms with E-state index in [2.05, 4.69) is 9.89 Å². The molecule has 0 atom stereocenters. The average molecular weight is 328 g/mol. The number of nitrogens with zero attached hydrogens (tertiary/aromatic N) is 2. The van der Waals surface area contributed by atoms with Crippen LogP contribution in [0.2, 0.25) is 0 Å². The summed E-state index contributed by atoms with van der Waals surface area (Å²) in [5.41, 5.74) is 2.98. The fraction of sp³-hybridized carbons (Fsp3) is 0.444. The van der Waals surface area contributed by atoms with Gasteiger partial charge in [0.1, 0.15) is 5.84 Å². The Labute approximate surface area is 140 Å². The molecule has 3 aliphatic heterocycles. The zero-order chi connectivity index (χ0) is 16.4. The van der Waals surface area contributed by atoms with E-state index in [0.29, 0.717) is 32.8 Å². The summed E-state index contributed by atoms with van der Waals surface area (Å²) in [4.78, 5) is 18.4. The molecule has 0 aliphatic carbocycles. The van der Waals surface area contributed by atoms with Crippen molar-refractivity contribution < 1.29 is 19.0 Å². The van der Waals surface area contributed by atoms with Crippen molar-refractivity contribution in [1.29, 1.82) is 0 Å². The fourth-order valence-corrected chi connectivity index (χ4v) is 3.15. The number of hydrogen-bond acceptors (Lipinski definition) is 5. The molecule has 24 heavy (non-hydrogen) atoms. The van der Waals surface area contributed by atoms with Crippen molar-refractivity contribution in [2.45, 2.75) is 12.7 Å². The van der Waals surface area contributed by atoms with Gasteiger partial charge in [-0.05, 0) is 23.3 Å². The highest BCUT2D eigenvalue weighted by atomic mass is 16.7. The molecule has 1 aromatic rings. The predicted octanol–water partition coefficient (Wildman–Crippen LogP) is 1.78. The summed E-state index contributed by atoms with van der Waals surface area (Å²) >= 11 is 0. The van der Waals surface area contributed by atoms with E-state index >= 15 is 0 Å². The van der Waals surface area contributed by atoms with Gasteiger partial charge in [-0.3, -0.25) is 4.79 Å². The third kappa shape index (κ3) is 3.26. The van der Waals surface area contributed by atoms with Gasteiger partial charge in [0, 0.05) is 18.7 Å². The first-order valence-corrected chi connectivity index (χ1v) is 8.28. The number of carbonyl (C=O) groups is 1. The second kappa shape index (κ2) is 6.84.